The Balaban J connectivity index is 2.35. The van der Waals surface area contributed by atoms with Crippen molar-refractivity contribution in [1.29, 1.82) is 0 Å². The van der Waals surface area contributed by atoms with Gasteiger partial charge < -0.3 is 5.11 Å². The number of aromatic nitrogens is 2. The van der Waals surface area contributed by atoms with Gasteiger partial charge in [-0.25, -0.2) is 18.4 Å². The van der Waals surface area contributed by atoms with E-state index in [1.807, 2.05) is 9.97 Å². The molecule has 0 fully saturated rings. The van der Waals surface area contributed by atoms with Gasteiger partial charge in [-0.1, -0.05) is 0 Å². The van der Waals surface area contributed by atoms with Crippen LogP contribution in [0.5, 0.6) is 5.88 Å². The van der Waals surface area contributed by atoms with E-state index in [1.54, 1.807) is 0 Å². The van der Waals surface area contributed by atoms with Crippen LogP contribution < -0.4 is 16.4 Å². The first-order valence-electron chi connectivity index (χ1n) is 5.37. The summed E-state index contributed by atoms with van der Waals surface area (Å²) in [6.45, 7) is 0. The molecule has 2 rings (SSSR count). The van der Waals surface area contributed by atoms with Crippen LogP contribution in [0.15, 0.2) is 49.0 Å². The van der Waals surface area contributed by atoms with Gasteiger partial charge in [0.1, 0.15) is 0 Å². The molecule has 1 heterocycles. The fourth-order valence-electron chi connectivity index (χ4n) is 1.37. The Morgan fingerprint density at radius 1 is 1.05 bits per heavy atom. The summed E-state index contributed by atoms with van der Waals surface area (Å²) >= 11 is 0. The third-order valence-electron chi connectivity index (χ3n) is 2.33. The lowest BCUT2D eigenvalue weighted by atomic mass is 10.3. The van der Waals surface area contributed by atoms with Crippen LogP contribution in [0.1, 0.15) is 0 Å². The Kier molecular flexibility index (Phi) is 3.69. The van der Waals surface area contributed by atoms with E-state index in [0.717, 1.165) is 0 Å². The lowest BCUT2D eigenvalue weighted by Crippen LogP contribution is -2.20. The minimum absolute atomic E-state index is 0.105. The monoisotopic (exact) mass is 311 g/mol. The number of sulfonamides is 1. The van der Waals surface area contributed by atoms with Crippen molar-refractivity contribution in [2.24, 2.45) is 15.4 Å². The van der Waals surface area contributed by atoms with Gasteiger partial charge in [0.15, 0.2) is 0 Å². The second-order valence-electron chi connectivity index (χ2n) is 3.84. The number of nitrogens with one attached hydrogen (secondary N) is 2. The number of hydrogen-bond donors (Lipinski definition) is 4. The van der Waals surface area contributed by atoms with Crippen molar-refractivity contribution in [2.45, 2.75) is 4.90 Å². The average molecular weight is 311 g/mol. The van der Waals surface area contributed by atoms with Gasteiger partial charge in [0.05, 0.1) is 10.6 Å². The maximum atomic E-state index is 11.4. The van der Waals surface area contributed by atoms with E-state index < -0.39 is 32.8 Å². The van der Waals surface area contributed by atoms with Crippen molar-refractivity contribution in [1.82, 2.24) is 9.97 Å². The summed E-state index contributed by atoms with van der Waals surface area (Å²) in [5, 5.41) is 21.4. The molecule has 5 N–H and O–H groups in total. The molecule has 0 unspecified atom stereocenters. The van der Waals surface area contributed by atoms with Crippen molar-refractivity contribution in [3.05, 3.63) is 45.1 Å². The summed E-state index contributed by atoms with van der Waals surface area (Å²) in [7, 11) is -3.81. The smallest absolute Gasteiger partial charge is 0.328 e. The largest absolute Gasteiger partial charge is 0.493 e. The lowest BCUT2D eigenvalue weighted by Gasteiger charge is -1.98. The van der Waals surface area contributed by atoms with Crippen LogP contribution in [0.4, 0.5) is 11.4 Å². The van der Waals surface area contributed by atoms with Crippen molar-refractivity contribution in [3.63, 3.8) is 0 Å². The van der Waals surface area contributed by atoms with Crippen LogP contribution in [0, 0.1) is 0 Å². The van der Waals surface area contributed by atoms with Gasteiger partial charge in [0.2, 0.25) is 21.6 Å². The molecule has 0 amide bonds. The molecule has 0 atom stereocenters. The highest BCUT2D eigenvalue weighted by atomic mass is 32.2. The molecule has 10 nitrogen and oxygen atoms in total. The molecule has 0 bridgehead atoms. The molecule has 0 saturated heterocycles. The van der Waals surface area contributed by atoms with Crippen molar-refractivity contribution in [2.75, 3.05) is 0 Å². The maximum Gasteiger partial charge on any atom is 0.328 e. The first kappa shape index (κ1) is 14.6. The van der Waals surface area contributed by atoms with Crippen LogP contribution in [0.25, 0.3) is 0 Å². The Hall–Kier alpha value is -2.79. The number of aromatic hydroxyl groups is 1. The quantitative estimate of drug-likeness (QED) is 0.575. The predicted molar refractivity (Wildman–Crippen MR) is 71.3 cm³/mol. The molecule has 2 aromatic rings. The highest BCUT2D eigenvalue weighted by molar-refractivity contribution is 7.89. The number of hydrogen-bond acceptors (Lipinski definition) is 7. The number of benzene rings is 1. The van der Waals surface area contributed by atoms with E-state index in [2.05, 4.69) is 10.2 Å². The molecule has 0 aliphatic carbocycles. The number of rotatable bonds is 3. The first-order chi connectivity index (χ1) is 9.77. The third-order valence-corrected chi connectivity index (χ3v) is 3.26. The van der Waals surface area contributed by atoms with E-state index in [9.17, 15) is 23.1 Å². The molecular weight excluding hydrogens is 302 g/mol. The van der Waals surface area contributed by atoms with Crippen LogP contribution >= 0.6 is 0 Å². The standard InChI is InChI=1S/C10H9N5O5S/c11-21(19,20)6-3-1-5(2-4-6)14-15-7-8(16)12-10(18)13-9(7)17/h1-4H,(H2,11,19,20)(H3,12,13,16,17,18). The van der Waals surface area contributed by atoms with Gasteiger partial charge >= 0.3 is 5.69 Å². The number of nitrogens with two attached hydrogens (primary N) is 1. The number of nitrogens with zero attached hydrogens (tertiary/aromatic N) is 2. The van der Waals surface area contributed by atoms with Crippen LogP contribution in [-0.2, 0) is 10.0 Å². The number of azo groups is 1. The fourth-order valence-corrected chi connectivity index (χ4v) is 1.89. The number of aromatic amines is 2. The SMILES string of the molecule is NS(=O)(=O)c1ccc(N=Nc2c(O)[nH]c(=O)[nH]c2=O)cc1. The van der Waals surface area contributed by atoms with Gasteiger partial charge in [-0.15, -0.1) is 5.11 Å². The summed E-state index contributed by atoms with van der Waals surface area (Å²) in [4.78, 5) is 25.9. The molecule has 0 aliphatic heterocycles. The van der Waals surface area contributed by atoms with Crippen LogP contribution in [-0.4, -0.2) is 23.5 Å². The molecule has 0 aliphatic rings. The second-order valence-corrected chi connectivity index (χ2v) is 5.41. The maximum absolute atomic E-state index is 11.4. The molecule has 1 aromatic heterocycles. The first-order valence-corrected chi connectivity index (χ1v) is 6.92. The van der Waals surface area contributed by atoms with Crippen LogP contribution in [0.3, 0.4) is 0 Å². The lowest BCUT2D eigenvalue weighted by molar-refractivity contribution is 0.450. The summed E-state index contributed by atoms with van der Waals surface area (Å²) in [5.41, 5.74) is -2.06. The Morgan fingerprint density at radius 2 is 1.67 bits per heavy atom. The Morgan fingerprint density at radius 3 is 2.19 bits per heavy atom. The van der Waals surface area contributed by atoms with E-state index in [4.69, 9.17) is 5.14 Å². The van der Waals surface area contributed by atoms with Gasteiger partial charge in [0, 0.05) is 0 Å². The zero-order valence-corrected chi connectivity index (χ0v) is 11.1. The summed E-state index contributed by atoms with van der Waals surface area (Å²) < 4.78 is 22.1. The average Bonchev–Trinajstić information content (AvgIpc) is 2.37. The summed E-state index contributed by atoms with van der Waals surface area (Å²) in [6.07, 6.45) is 0. The van der Waals surface area contributed by atoms with Crippen LogP contribution in [0.2, 0.25) is 0 Å². The minimum atomic E-state index is -3.81. The molecule has 11 heteroatoms. The zero-order chi connectivity index (χ0) is 15.6. The summed E-state index contributed by atoms with van der Waals surface area (Å²) in [5.74, 6) is -0.728. The predicted octanol–water partition coefficient (Wildman–Crippen LogP) is -0.168. The number of primary sulfonamides is 1. The third kappa shape index (κ3) is 3.40. The Labute approximate surface area is 117 Å². The summed E-state index contributed by atoms with van der Waals surface area (Å²) in [6, 6.07) is 5.03. The molecule has 0 radical (unpaired) electrons. The normalized spacial score (nSPS) is 11.9. The number of H-pyrrole nitrogens is 2. The van der Waals surface area contributed by atoms with Gasteiger partial charge in [0.25, 0.3) is 5.56 Å². The van der Waals surface area contributed by atoms with Crippen molar-refractivity contribution < 1.29 is 13.5 Å². The topological polar surface area (TPSA) is 171 Å². The zero-order valence-electron chi connectivity index (χ0n) is 10.3. The van der Waals surface area contributed by atoms with Gasteiger partial charge in [-0.05, 0) is 24.3 Å². The highest BCUT2D eigenvalue weighted by Crippen LogP contribution is 2.21. The van der Waals surface area contributed by atoms with E-state index >= 15 is 0 Å². The molecule has 110 valence electrons. The second kappa shape index (κ2) is 5.30. The van der Waals surface area contributed by atoms with E-state index in [1.165, 1.54) is 24.3 Å². The minimum Gasteiger partial charge on any atom is -0.493 e. The van der Waals surface area contributed by atoms with E-state index in [0.29, 0.717) is 0 Å². The van der Waals surface area contributed by atoms with E-state index in [-0.39, 0.29) is 10.6 Å². The molecule has 0 spiro atoms. The van der Waals surface area contributed by atoms with Gasteiger partial charge in [-0.2, -0.15) is 5.11 Å². The molecule has 1 aromatic carbocycles. The molecule has 21 heavy (non-hydrogen) atoms. The highest BCUT2D eigenvalue weighted by Gasteiger charge is 2.08. The van der Waals surface area contributed by atoms with Crippen molar-refractivity contribution in [3.8, 4) is 5.88 Å². The molecular formula is C10H9N5O5S. The van der Waals surface area contributed by atoms with Gasteiger partial charge in [-0.3, -0.25) is 14.8 Å². The van der Waals surface area contributed by atoms with Crippen molar-refractivity contribution >= 4 is 21.4 Å². The fraction of sp³-hybridized carbons (Fsp3) is 0. The Bertz CT molecular complexity index is 910. The molecule has 0 saturated carbocycles.